The predicted octanol–water partition coefficient (Wildman–Crippen LogP) is -0.109. The predicted molar refractivity (Wildman–Crippen MR) is 43.7 cm³/mol. The van der Waals surface area contributed by atoms with Gasteiger partial charge in [-0.2, -0.15) is 0 Å². The first-order valence-electron chi connectivity index (χ1n) is 3.65. The van der Waals surface area contributed by atoms with Gasteiger partial charge in [-0.3, -0.25) is 4.79 Å². The van der Waals surface area contributed by atoms with Crippen molar-refractivity contribution in [3.63, 3.8) is 0 Å². The monoisotopic (exact) mass is 174 g/mol. The van der Waals surface area contributed by atoms with Crippen LogP contribution in [-0.4, -0.2) is 19.2 Å². The van der Waals surface area contributed by atoms with E-state index >= 15 is 0 Å². The van der Waals surface area contributed by atoms with Crippen LogP contribution in [0.4, 0.5) is 0 Å². The molecule has 0 saturated carbocycles. The maximum Gasteiger partial charge on any atom is 0.328 e. The van der Waals surface area contributed by atoms with E-state index in [9.17, 15) is 4.79 Å². The normalized spacial score (nSPS) is 9.42. The molecule has 0 heterocycles. The molecule has 0 fully saturated rings. The van der Waals surface area contributed by atoms with Gasteiger partial charge in [-0.05, 0) is 6.42 Å². The maximum absolute atomic E-state index is 10.6. The fourth-order valence-electron chi connectivity index (χ4n) is 0.541. The van der Waals surface area contributed by atoms with E-state index in [4.69, 9.17) is 10.6 Å². The fourth-order valence-corrected chi connectivity index (χ4v) is 0.541. The van der Waals surface area contributed by atoms with Crippen LogP contribution in [0.15, 0.2) is 12.7 Å². The number of carbonyl (C=O) groups excluding carboxylic acids is 1. The number of nitrogens with two attached hydrogens (primary N) is 1. The Hall–Kier alpha value is -0.910. The van der Waals surface area contributed by atoms with Gasteiger partial charge >= 0.3 is 5.97 Å². The van der Waals surface area contributed by atoms with Crippen LogP contribution in [0, 0.1) is 0 Å². The van der Waals surface area contributed by atoms with Gasteiger partial charge < -0.3 is 9.57 Å². The van der Waals surface area contributed by atoms with E-state index in [1.165, 1.54) is 0 Å². The SMILES string of the molecule is C=CCCOCCC(=O)ONN. The summed E-state index contributed by atoms with van der Waals surface area (Å²) in [6.07, 6.45) is 2.73. The highest BCUT2D eigenvalue weighted by Gasteiger charge is 2.00. The first kappa shape index (κ1) is 11.1. The van der Waals surface area contributed by atoms with Crippen molar-refractivity contribution in [2.24, 2.45) is 5.84 Å². The summed E-state index contributed by atoms with van der Waals surface area (Å²) >= 11 is 0. The van der Waals surface area contributed by atoms with Gasteiger partial charge in [0.05, 0.1) is 19.6 Å². The van der Waals surface area contributed by atoms with Crippen LogP contribution in [0.2, 0.25) is 0 Å². The van der Waals surface area contributed by atoms with Crippen LogP contribution in [0.5, 0.6) is 0 Å². The average Bonchev–Trinajstić information content (AvgIpc) is 2.05. The first-order valence-corrected chi connectivity index (χ1v) is 3.65. The molecule has 5 nitrogen and oxygen atoms in total. The molecular weight excluding hydrogens is 160 g/mol. The van der Waals surface area contributed by atoms with Gasteiger partial charge in [0.25, 0.3) is 0 Å². The molecule has 3 N–H and O–H groups in total. The van der Waals surface area contributed by atoms with Crippen molar-refractivity contribution in [3.8, 4) is 0 Å². The van der Waals surface area contributed by atoms with Crippen LogP contribution >= 0.6 is 0 Å². The number of rotatable bonds is 7. The Morgan fingerprint density at radius 3 is 2.92 bits per heavy atom. The summed E-state index contributed by atoms with van der Waals surface area (Å²) in [5.41, 5.74) is 1.80. The summed E-state index contributed by atoms with van der Waals surface area (Å²) in [6, 6.07) is 0. The molecule has 5 heteroatoms. The van der Waals surface area contributed by atoms with E-state index in [-0.39, 0.29) is 6.42 Å². The van der Waals surface area contributed by atoms with Gasteiger partial charge in [-0.25, -0.2) is 5.84 Å². The van der Waals surface area contributed by atoms with Crippen molar-refractivity contribution in [2.75, 3.05) is 13.2 Å². The molecule has 0 aliphatic carbocycles. The number of ether oxygens (including phenoxy) is 1. The highest BCUT2D eigenvalue weighted by Crippen LogP contribution is 1.88. The lowest BCUT2D eigenvalue weighted by molar-refractivity contribution is -0.152. The zero-order chi connectivity index (χ0) is 9.23. The molecule has 0 unspecified atom stereocenters. The molecule has 0 aromatic carbocycles. The molecule has 0 rings (SSSR count). The first-order chi connectivity index (χ1) is 5.81. The van der Waals surface area contributed by atoms with Crippen molar-refractivity contribution in [1.82, 2.24) is 5.59 Å². The van der Waals surface area contributed by atoms with Gasteiger partial charge in [0.2, 0.25) is 0 Å². The lowest BCUT2D eigenvalue weighted by Crippen LogP contribution is -2.26. The van der Waals surface area contributed by atoms with Crippen LogP contribution in [0.25, 0.3) is 0 Å². The number of carbonyl (C=O) groups is 1. The molecule has 0 aromatic rings. The maximum atomic E-state index is 10.6. The van der Waals surface area contributed by atoms with Crippen molar-refractivity contribution in [2.45, 2.75) is 12.8 Å². The highest BCUT2D eigenvalue weighted by molar-refractivity contribution is 5.69. The van der Waals surface area contributed by atoms with E-state index < -0.39 is 5.97 Å². The Bertz CT molecular complexity index is 139. The Labute approximate surface area is 71.4 Å². The summed E-state index contributed by atoms with van der Waals surface area (Å²) in [7, 11) is 0. The van der Waals surface area contributed by atoms with E-state index in [0.717, 1.165) is 6.42 Å². The Morgan fingerprint density at radius 1 is 1.58 bits per heavy atom. The highest BCUT2D eigenvalue weighted by atomic mass is 16.7. The zero-order valence-electron chi connectivity index (χ0n) is 6.91. The largest absolute Gasteiger partial charge is 0.381 e. The molecule has 12 heavy (non-hydrogen) atoms. The summed E-state index contributed by atoms with van der Waals surface area (Å²) < 4.78 is 5.05. The quantitative estimate of drug-likeness (QED) is 0.244. The Balaban J connectivity index is 3.08. The molecule has 0 spiro atoms. The van der Waals surface area contributed by atoms with Crippen LogP contribution in [-0.2, 0) is 14.4 Å². The van der Waals surface area contributed by atoms with Gasteiger partial charge in [-0.15, -0.1) is 6.58 Å². The summed E-state index contributed by atoms with van der Waals surface area (Å²) in [6.45, 7) is 4.44. The van der Waals surface area contributed by atoms with Crippen molar-refractivity contribution in [1.29, 1.82) is 0 Å². The molecule has 0 radical (unpaired) electrons. The summed E-state index contributed by atoms with van der Waals surface area (Å²) in [4.78, 5) is 14.8. The van der Waals surface area contributed by atoms with Crippen LogP contribution in [0.1, 0.15) is 12.8 Å². The summed E-state index contributed by atoms with van der Waals surface area (Å²) in [5, 5.41) is 0. The minimum atomic E-state index is -0.434. The Morgan fingerprint density at radius 2 is 2.33 bits per heavy atom. The second-order valence-electron chi connectivity index (χ2n) is 2.03. The van der Waals surface area contributed by atoms with Gasteiger partial charge in [-0.1, -0.05) is 11.7 Å². The zero-order valence-corrected chi connectivity index (χ0v) is 6.91. The second-order valence-corrected chi connectivity index (χ2v) is 2.03. The fraction of sp³-hybridized carbons (Fsp3) is 0.571. The minimum Gasteiger partial charge on any atom is -0.381 e. The average molecular weight is 174 g/mol. The molecule has 0 bridgehead atoms. The number of hydrogen-bond donors (Lipinski definition) is 2. The van der Waals surface area contributed by atoms with E-state index in [1.807, 2.05) is 0 Å². The topological polar surface area (TPSA) is 73.6 Å². The van der Waals surface area contributed by atoms with Crippen molar-refractivity contribution < 1.29 is 14.4 Å². The van der Waals surface area contributed by atoms with E-state index in [2.05, 4.69) is 11.4 Å². The molecule has 0 atom stereocenters. The van der Waals surface area contributed by atoms with Gasteiger partial charge in [0, 0.05) is 0 Å². The molecule has 70 valence electrons. The molecule has 0 saturated heterocycles. The molecule has 0 amide bonds. The Kier molecular flexibility index (Phi) is 7.57. The molecular formula is C7H14N2O3. The van der Waals surface area contributed by atoms with Crippen LogP contribution < -0.4 is 11.4 Å². The van der Waals surface area contributed by atoms with Crippen LogP contribution in [0.3, 0.4) is 0 Å². The van der Waals surface area contributed by atoms with Crippen molar-refractivity contribution in [3.05, 3.63) is 12.7 Å². The van der Waals surface area contributed by atoms with E-state index in [1.54, 1.807) is 11.7 Å². The number of hydrogen-bond acceptors (Lipinski definition) is 5. The third-order valence-corrected chi connectivity index (χ3v) is 1.09. The minimum absolute atomic E-state index is 0.196. The standard InChI is InChI=1S/C7H14N2O3/c1-2-3-5-11-6-4-7(10)12-9-8/h2,9H,1,3-6,8H2. The van der Waals surface area contributed by atoms with Gasteiger partial charge in [0.15, 0.2) is 0 Å². The third-order valence-electron chi connectivity index (χ3n) is 1.09. The summed E-state index contributed by atoms with van der Waals surface area (Å²) in [5.74, 6) is 4.30. The van der Waals surface area contributed by atoms with E-state index in [0.29, 0.717) is 13.2 Å². The lowest BCUT2D eigenvalue weighted by atomic mass is 10.4. The lowest BCUT2D eigenvalue weighted by Gasteiger charge is -2.01. The molecule has 0 aromatic heterocycles. The van der Waals surface area contributed by atoms with Crippen molar-refractivity contribution >= 4 is 5.97 Å². The molecule has 0 aliphatic rings. The second kappa shape index (κ2) is 8.19. The number of nitrogens with one attached hydrogen (secondary N) is 1. The molecule has 0 aliphatic heterocycles. The number of hydrazine groups is 1. The third kappa shape index (κ3) is 7.20. The smallest absolute Gasteiger partial charge is 0.328 e. The van der Waals surface area contributed by atoms with Gasteiger partial charge in [0.1, 0.15) is 0 Å².